The standard InChI is InChI=1S/C22H22N4O3S/c1-4-29-17-11-9-15(10-12-17)26-19-8-6-5-7-18(19)23-21(26)30-14-16-13-20(27)25(3)22(28)24(16)2/h5-13H,4,14H2,1-3H3. The van der Waals surface area contributed by atoms with Gasteiger partial charge in [0.25, 0.3) is 5.56 Å². The van der Waals surface area contributed by atoms with Gasteiger partial charge in [0.05, 0.1) is 17.6 Å². The monoisotopic (exact) mass is 422 g/mol. The van der Waals surface area contributed by atoms with Gasteiger partial charge in [-0.15, -0.1) is 0 Å². The molecule has 8 heteroatoms. The summed E-state index contributed by atoms with van der Waals surface area (Å²) in [7, 11) is 3.15. The van der Waals surface area contributed by atoms with E-state index in [-0.39, 0.29) is 11.2 Å². The number of aromatic nitrogens is 4. The van der Waals surface area contributed by atoms with E-state index in [0.717, 1.165) is 32.2 Å². The molecule has 0 aliphatic carbocycles. The van der Waals surface area contributed by atoms with E-state index in [1.54, 1.807) is 7.05 Å². The lowest BCUT2D eigenvalue weighted by Gasteiger charge is -2.12. The Labute approximate surface area is 177 Å². The molecule has 0 N–H and O–H groups in total. The first kappa shape index (κ1) is 20.0. The lowest BCUT2D eigenvalue weighted by molar-refractivity contribution is 0.340. The number of benzene rings is 2. The van der Waals surface area contributed by atoms with E-state index in [1.807, 2.05) is 55.5 Å². The third-order valence-corrected chi connectivity index (χ3v) is 5.88. The van der Waals surface area contributed by atoms with Crippen LogP contribution >= 0.6 is 11.8 Å². The molecule has 0 amide bonds. The van der Waals surface area contributed by atoms with Crippen molar-refractivity contribution in [3.05, 3.63) is 81.1 Å². The van der Waals surface area contributed by atoms with Crippen LogP contribution in [0.2, 0.25) is 0 Å². The van der Waals surface area contributed by atoms with Crippen molar-refractivity contribution in [2.75, 3.05) is 6.61 Å². The average molecular weight is 423 g/mol. The molecule has 0 aliphatic heterocycles. The van der Waals surface area contributed by atoms with Crippen molar-refractivity contribution in [2.45, 2.75) is 17.8 Å². The molecule has 0 bridgehead atoms. The Balaban J connectivity index is 1.74. The molecule has 0 aliphatic rings. The summed E-state index contributed by atoms with van der Waals surface area (Å²) in [5.41, 5.74) is 2.84. The Morgan fingerprint density at radius 2 is 1.73 bits per heavy atom. The molecule has 4 rings (SSSR count). The normalized spacial score (nSPS) is 11.2. The third-order valence-electron chi connectivity index (χ3n) is 4.91. The highest BCUT2D eigenvalue weighted by molar-refractivity contribution is 7.98. The topological polar surface area (TPSA) is 71.0 Å². The van der Waals surface area contributed by atoms with Crippen LogP contribution < -0.4 is 16.0 Å². The molecule has 7 nitrogen and oxygen atoms in total. The maximum absolute atomic E-state index is 12.2. The quantitative estimate of drug-likeness (QED) is 0.447. The van der Waals surface area contributed by atoms with Gasteiger partial charge in [-0.3, -0.25) is 18.5 Å². The van der Waals surface area contributed by atoms with Crippen LogP contribution in [-0.2, 0) is 19.8 Å². The van der Waals surface area contributed by atoms with E-state index in [1.165, 1.54) is 29.4 Å². The highest BCUT2D eigenvalue weighted by Crippen LogP contribution is 2.30. The molecule has 0 saturated carbocycles. The fraction of sp³-hybridized carbons (Fsp3) is 0.227. The van der Waals surface area contributed by atoms with Gasteiger partial charge in [0, 0.05) is 37.3 Å². The molecule has 4 aromatic rings. The summed E-state index contributed by atoms with van der Waals surface area (Å²) >= 11 is 1.49. The molecule has 0 radical (unpaired) electrons. The highest BCUT2D eigenvalue weighted by Gasteiger charge is 2.14. The molecule has 2 heterocycles. The Hall–Kier alpha value is -3.26. The summed E-state index contributed by atoms with van der Waals surface area (Å²) in [5.74, 6) is 1.26. The fourth-order valence-corrected chi connectivity index (χ4v) is 4.31. The number of thioether (sulfide) groups is 1. The molecule has 30 heavy (non-hydrogen) atoms. The largest absolute Gasteiger partial charge is 0.494 e. The van der Waals surface area contributed by atoms with Crippen molar-refractivity contribution in [1.29, 1.82) is 0 Å². The van der Waals surface area contributed by atoms with Gasteiger partial charge in [0.2, 0.25) is 0 Å². The van der Waals surface area contributed by atoms with Crippen LogP contribution in [0.5, 0.6) is 5.75 Å². The summed E-state index contributed by atoms with van der Waals surface area (Å²) < 4.78 is 10.2. The fourth-order valence-electron chi connectivity index (χ4n) is 3.26. The number of fused-ring (bicyclic) bond motifs is 1. The van der Waals surface area contributed by atoms with E-state index in [2.05, 4.69) is 4.57 Å². The highest BCUT2D eigenvalue weighted by atomic mass is 32.2. The second-order valence-corrected chi connectivity index (χ2v) is 7.75. The average Bonchev–Trinajstić information content (AvgIpc) is 3.13. The molecular weight excluding hydrogens is 400 g/mol. The van der Waals surface area contributed by atoms with Gasteiger partial charge in [0.1, 0.15) is 5.75 Å². The number of ether oxygens (including phenoxy) is 1. The molecular formula is C22H22N4O3S. The number of para-hydroxylation sites is 2. The van der Waals surface area contributed by atoms with Crippen molar-refractivity contribution >= 4 is 22.8 Å². The second-order valence-electron chi connectivity index (χ2n) is 6.81. The number of rotatable bonds is 6. The molecule has 0 spiro atoms. The second kappa shape index (κ2) is 8.23. The number of hydrogen-bond donors (Lipinski definition) is 0. The van der Waals surface area contributed by atoms with Crippen LogP contribution in [0.25, 0.3) is 16.7 Å². The van der Waals surface area contributed by atoms with Crippen LogP contribution in [0.4, 0.5) is 0 Å². The van der Waals surface area contributed by atoms with Crippen molar-refractivity contribution in [2.24, 2.45) is 14.1 Å². The molecule has 154 valence electrons. The third kappa shape index (κ3) is 3.66. The van der Waals surface area contributed by atoms with E-state index >= 15 is 0 Å². The lowest BCUT2D eigenvalue weighted by Crippen LogP contribution is -2.37. The maximum atomic E-state index is 12.2. The summed E-state index contributed by atoms with van der Waals surface area (Å²) in [6.07, 6.45) is 0. The van der Waals surface area contributed by atoms with E-state index in [9.17, 15) is 9.59 Å². The molecule has 0 unspecified atom stereocenters. The van der Waals surface area contributed by atoms with E-state index < -0.39 is 0 Å². The van der Waals surface area contributed by atoms with Gasteiger partial charge in [-0.1, -0.05) is 23.9 Å². The van der Waals surface area contributed by atoms with Crippen molar-refractivity contribution in [3.8, 4) is 11.4 Å². The first-order valence-electron chi connectivity index (χ1n) is 9.59. The summed E-state index contributed by atoms with van der Waals surface area (Å²) in [5, 5.41) is 0.786. The smallest absolute Gasteiger partial charge is 0.330 e. The minimum absolute atomic E-state index is 0.311. The van der Waals surface area contributed by atoms with Gasteiger partial charge in [-0.2, -0.15) is 0 Å². The predicted octanol–water partition coefficient (Wildman–Crippen LogP) is 3.11. The zero-order chi connectivity index (χ0) is 21.3. The first-order valence-corrected chi connectivity index (χ1v) is 10.6. The zero-order valence-corrected chi connectivity index (χ0v) is 17.8. The van der Waals surface area contributed by atoms with Gasteiger partial charge in [0.15, 0.2) is 5.16 Å². The lowest BCUT2D eigenvalue weighted by atomic mass is 10.2. The first-order chi connectivity index (χ1) is 14.5. The minimum Gasteiger partial charge on any atom is -0.494 e. The van der Waals surface area contributed by atoms with Crippen LogP contribution in [0.1, 0.15) is 12.6 Å². The number of nitrogens with zero attached hydrogens (tertiary/aromatic N) is 4. The van der Waals surface area contributed by atoms with Gasteiger partial charge in [-0.25, -0.2) is 9.78 Å². The van der Waals surface area contributed by atoms with Crippen molar-refractivity contribution in [1.82, 2.24) is 18.7 Å². The van der Waals surface area contributed by atoms with Crippen molar-refractivity contribution in [3.63, 3.8) is 0 Å². The molecule has 2 aromatic heterocycles. The Morgan fingerprint density at radius 1 is 1.00 bits per heavy atom. The van der Waals surface area contributed by atoms with Crippen molar-refractivity contribution < 1.29 is 4.74 Å². The SMILES string of the molecule is CCOc1ccc(-n2c(SCc3cc(=O)n(C)c(=O)n3C)nc3ccccc32)cc1. The molecule has 0 saturated heterocycles. The number of imidazole rings is 1. The minimum atomic E-state index is -0.335. The number of hydrogen-bond acceptors (Lipinski definition) is 5. The van der Waals surface area contributed by atoms with Crippen LogP contribution in [-0.4, -0.2) is 25.3 Å². The predicted molar refractivity (Wildman–Crippen MR) is 119 cm³/mol. The van der Waals surface area contributed by atoms with E-state index in [4.69, 9.17) is 9.72 Å². The zero-order valence-electron chi connectivity index (χ0n) is 17.0. The summed E-state index contributed by atoms with van der Waals surface area (Å²) in [4.78, 5) is 29.0. The van der Waals surface area contributed by atoms with Crippen LogP contribution in [0.3, 0.4) is 0 Å². The van der Waals surface area contributed by atoms with Crippen LogP contribution in [0.15, 0.2) is 69.3 Å². The molecule has 0 fully saturated rings. The maximum Gasteiger partial charge on any atom is 0.330 e. The molecule has 2 aromatic carbocycles. The van der Waals surface area contributed by atoms with Gasteiger partial charge in [-0.05, 0) is 43.3 Å². The Kier molecular flexibility index (Phi) is 5.50. The Morgan fingerprint density at radius 3 is 2.47 bits per heavy atom. The van der Waals surface area contributed by atoms with Gasteiger partial charge >= 0.3 is 5.69 Å². The summed E-state index contributed by atoms with van der Waals surface area (Å²) in [6, 6.07) is 17.3. The van der Waals surface area contributed by atoms with Crippen LogP contribution in [0, 0.1) is 0 Å². The Bertz CT molecular complexity index is 1320. The van der Waals surface area contributed by atoms with Gasteiger partial charge < -0.3 is 4.74 Å². The summed E-state index contributed by atoms with van der Waals surface area (Å²) in [6.45, 7) is 2.57. The molecule has 0 atom stereocenters. The van der Waals surface area contributed by atoms with E-state index in [0.29, 0.717) is 18.1 Å².